The summed E-state index contributed by atoms with van der Waals surface area (Å²) in [7, 11) is 0. The second-order valence-electron chi connectivity index (χ2n) is 9.20. The van der Waals surface area contributed by atoms with Gasteiger partial charge in [-0.1, -0.05) is 42.5 Å². The third-order valence-electron chi connectivity index (χ3n) is 7.66. The molecule has 2 aromatic carbocycles. The van der Waals surface area contributed by atoms with Gasteiger partial charge in [-0.2, -0.15) is 5.10 Å². The van der Waals surface area contributed by atoms with Crippen molar-refractivity contribution < 1.29 is 4.79 Å². The number of hydrogen-bond acceptors (Lipinski definition) is 3. The van der Waals surface area contributed by atoms with Gasteiger partial charge < -0.3 is 4.90 Å². The van der Waals surface area contributed by atoms with Crippen LogP contribution in [0.2, 0.25) is 0 Å². The molecule has 4 heterocycles. The first-order valence-electron chi connectivity index (χ1n) is 11.5. The maximum atomic E-state index is 13.7. The Labute approximate surface area is 183 Å². The molecule has 5 heteroatoms. The molecule has 0 bridgehead atoms. The number of aromatic nitrogens is 2. The fourth-order valence-corrected chi connectivity index (χ4v) is 6.29. The zero-order valence-electron chi connectivity index (χ0n) is 17.7. The summed E-state index contributed by atoms with van der Waals surface area (Å²) in [6, 6.07) is 21.5. The van der Waals surface area contributed by atoms with E-state index in [2.05, 4.69) is 63.4 Å². The first-order chi connectivity index (χ1) is 15.3. The van der Waals surface area contributed by atoms with Crippen molar-refractivity contribution in [1.29, 1.82) is 0 Å². The highest BCUT2D eigenvalue weighted by Gasteiger charge is 2.64. The molecule has 1 aromatic heterocycles. The van der Waals surface area contributed by atoms with Crippen LogP contribution in [0.3, 0.4) is 0 Å². The Hall–Kier alpha value is -2.92. The molecular weight excluding hydrogens is 384 g/mol. The molecule has 0 unspecified atom stereocenters. The van der Waals surface area contributed by atoms with Crippen molar-refractivity contribution in [3.63, 3.8) is 0 Å². The minimum absolute atomic E-state index is 0.275. The Morgan fingerprint density at radius 2 is 1.97 bits per heavy atom. The van der Waals surface area contributed by atoms with E-state index >= 15 is 0 Å². The van der Waals surface area contributed by atoms with E-state index in [9.17, 15) is 4.79 Å². The second kappa shape index (κ2) is 7.34. The van der Waals surface area contributed by atoms with Crippen LogP contribution in [0.4, 0.5) is 0 Å². The van der Waals surface area contributed by atoms with Crippen LogP contribution < -0.4 is 0 Å². The molecule has 3 aliphatic heterocycles. The lowest BCUT2D eigenvalue weighted by molar-refractivity contribution is -0.136. The van der Waals surface area contributed by atoms with Crippen LogP contribution in [0.15, 0.2) is 73.1 Å². The zero-order valence-corrected chi connectivity index (χ0v) is 17.7. The molecule has 0 saturated carbocycles. The summed E-state index contributed by atoms with van der Waals surface area (Å²) in [4.78, 5) is 18.4. The summed E-state index contributed by atoms with van der Waals surface area (Å²) in [5.74, 6) is 0.799. The monoisotopic (exact) mass is 412 g/mol. The van der Waals surface area contributed by atoms with Crippen molar-refractivity contribution in [3.8, 4) is 5.69 Å². The van der Waals surface area contributed by atoms with E-state index in [1.54, 1.807) is 0 Å². The zero-order chi connectivity index (χ0) is 20.8. The van der Waals surface area contributed by atoms with Crippen molar-refractivity contribution in [2.45, 2.75) is 37.3 Å². The average Bonchev–Trinajstić information content (AvgIpc) is 3.57. The van der Waals surface area contributed by atoms with Gasteiger partial charge in [0, 0.05) is 37.4 Å². The van der Waals surface area contributed by atoms with Gasteiger partial charge in [-0.25, -0.2) is 4.68 Å². The number of carbonyl (C=O) groups excluding carboxylic acids is 1. The lowest BCUT2D eigenvalue weighted by Gasteiger charge is -2.33. The van der Waals surface area contributed by atoms with E-state index in [1.807, 2.05) is 29.2 Å². The van der Waals surface area contributed by atoms with Crippen LogP contribution >= 0.6 is 0 Å². The molecule has 0 aliphatic carbocycles. The second-order valence-corrected chi connectivity index (χ2v) is 9.20. The third-order valence-corrected chi connectivity index (χ3v) is 7.66. The molecule has 31 heavy (non-hydrogen) atoms. The van der Waals surface area contributed by atoms with E-state index in [0.717, 1.165) is 51.0 Å². The summed E-state index contributed by atoms with van der Waals surface area (Å²) < 4.78 is 1.91. The van der Waals surface area contributed by atoms with Gasteiger partial charge in [0.25, 0.3) is 0 Å². The highest BCUT2D eigenvalue weighted by atomic mass is 16.2. The molecule has 3 aromatic rings. The fraction of sp³-hybridized carbons (Fsp3) is 0.385. The summed E-state index contributed by atoms with van der Waals surface area (Å²) in [6.45, 7) is 2.75. The van der Waals surface area contributed by atoms with E-state index in [-0.39, 0.29) is 5.54 Å². The SMILES string of the molecule is O=C1N(CCc2ccccc2)C[C@@H]2C[C@@H](c3cccc(-n4cccn4)c3)N3CCC[C@@]123. The maximum absolute atomic E-state index is 13.7. The number of hydrogen-bond donors (Lipinski definition) is 0. The summed E-state index contributed by atoms with van der Waals surface area (Å²) in [6.07, 6.45) is 7.91. The van der Waals surface area contributed by atoms with Crippen LogP contribution in [0.1, 0.15) is 36.4 Å². The van der Waals surface area contributed by atoms with Gasteiger partial charge in [0.05, 0.1) is 5.69 Å². The van der Waals surface area contributed by atoms with Crippen molar-refractivity contribution in [2.75, 3.05) is 19.6 Å². The normalized spacial score (nSPS) is 27.6. The minimum Gasteiger partial charge on any atom is -0.340 e. The molecule has 1 spiro atoms. The smallest absolute Gasteiger partial charge is 0.243 e. The summed E-state index contributed by atoms with van der Waals surface area (Å²) in [5.41, 5.74) is 3.43. The topological polar surface area (TPSA) is 41.4 Å². The molecule has 0 N–H and O–H groups in total. The van der Waals surface area contributed by atoms with Gasteiger partial charge in [-0.15, -0.1) is 0 Å². The summed E-state index contributed by atoms with van der Waals surface area (Å²) >= 11 is 0. The quantitative estimate of drug-likeness (QED) is 0.639. The lowest BCUT2D eigenvalue weighted by Crippen LogP contribution is -2.49. The summed E-state index contributed by atoms with van der Waals surface area (Å²) in [5, 5.41) is 4.39. The van der Waals surface area contributed by atoms with Gasteiger partial charge in [0.1, 0.15) is 5.54 Å². The van der Waals surface area contributed by atoms with E-state index in [0.29, 0.717) is 17.9 Å². The van der Waals surface area contributed by atoms with Gasteiger partial charge in [-0.3, -0.25) is 9.69 Å². The standard InChI is InChI=1S/C26H28N4O/c31-25-26-12-5-14-29(26)24(21-9-4-10-23(17-21)30-15-6-13-27-30)18-22(26)19-28(25)16-11-20-7-2-1-3-8-20/h1-4,6-10,13,15,17,22,24H,5,11-12,14,16,18-19H2/t22-,24-,26-/m0/s1. The molecule has 5 nitrogen and oxygen atoms in total. The van der Waals surface area contributed by atoms with E-state index in [4.69, 9.17) is 0 Å². The van der Waals surface area contributed by atoms with E-state index < -0.39 is 0 Å². The molecule has 3 fully saturated rings. The molecule has 3 saturated heterocycles. The van der Waals surface area contributed by atoms with Gasteiger partial charge in [0.15, 0.2) is 0 Å². The van der Waals surface area contributed by atoms with Gasteiger partial charge >= 0.3 is 0 Å². The first-order valence-corrected chi connectivity index (χ1v) is 11.5. The molecule has 6 rings (SSSR count). The van der Waals surface area contributed by atoms with Crippen molar-refractivity contribution in [2.24, 2.45) is 5.92 Å². The minimum atomic E-state index is -0.275. The Bertz CT molecular complexity index is 1080. The first kappa shape index (κ1) is 18.8. The molecule has 158 valence electrons. The number of rotatable bonds is 5. The van der Waals surface area contributed by atoms with Gasteiger partial charge in [-0.05, 0) is 61.6 Å². The van der Waals surface area contributed by atoms with Crippen molar-refractivity contribution in [1.82, 2.24) is 19.6 Å². The van der Waals surface area contributed by atoms with Gasteiger partial charge in [0.2, 0.25) is 5.91 Å². The van der Waals surface area contributed by atoms with Crippen LogP contribution in [-0.2, 0) is 11.2 Å². The largest absolute Gasteiger partial charge is 0.340 e. The predicted octanol–water partition coefficient (Wildman–Crippen LogP) is 3.85. The lowest BCUT2D eigenvalue weighted by atomic mass is 9.85. The highest BCUT2D eigenvalue weighted by Crippen LogP contribution is 2.56. The van der Waals surface area contributed by atoms with Crippen LogP contribution in [0.25, 0.3) is 5.69 Å². The Morgan fingerprint density at radius 3 is 2.81 bits per heavy atom. The molecular formula is C26H28N4O. The third kappa shape index (κ3) is 2.94. The maximum Gasteiger partial charge on any atom is 0.243 e. The molecule has 3 atom stereocenters. The number of carbonyl (C=O) groups is 1. The number of amides is 1. The molecule has 0 radical (unpaired) electrons. The van der Waals surface area contributed by atoms with E-state index in [1.165, 1.54) is 11.1 Å². The van der Waals surface area contributed by atoms with Crippen molar-refractivity contribution >= 4 is 5.91 Å². The van der Waals surface area contributed by atoms with Crippen LogP contribution in [0, 0.1) is 5.92 Å². The number of nitrogens with zero attached hydrogens (tertiary/aromatic N) is 4. The van der Waals surface area contributed by atoms with Crippen LogP contribution in [-0.4, -0.2) is 50.7 Å². The van der Waals surface area contributed by atoms with Crippen LogP contribution in [0.5, 0.6) is 0 Å². The van der Waals surface area contributed by atoms with Crippen molar-refractivity contribution in [3.05, 3.63) is 84.2 Å². The Kier molecular flexibility index (Phi) is 4.46. The molecule has 1 amide bonds. The Balaban J connectivity index is 1.24. The number of benzene rings is 2. The highest BCUT2D eigenvalue weighted by molar-refractivity contribution is 5.90. The molecule has 3 aliphatic rings. The average molecular weight is 413 g/mol. The number of likely N-dealkylation sites (tertiary alicyclic amines) is 1. The predicted molar refractivity (Wildman–Crippen MR) is 120 cm³/mol. The fourth-order valence-electron chi connectivity index (χ4n) is 6.29. The Morgan fingerprint density at radius 1 is 1.06 bits per heavy atom.